The molecule has 0 atom stereocenters. The van der Waals surface area contributed by atoms with Crippen LogP contribution < -0.4 is 11.2 Å². The molecule has 110 valence electrons. The van der Waals surface area contributed by atoms with Gasteiger partial charge in [-0.05, 0) is 18.1 Å². The van der Waals surface area contributed by atoms with Crippen molar-refractivity contribution in [3.05, 3.63) is 20.8 Å². The van der Waals surface area contributed by atoms with E-state index in [-0.39, 0.29) is 5.56 Å². The molecule has 2 aromatic heterocycles. The van der Waals surface area contributed by atoms with Crippen LogP contribution in [-0.4, -0.2) is 24.9 Å². The van der Waals surface area contributed by atoms with Crippen molar-refractivity contribution in [1.82, 2.24) is 19.1 Å². The molecule has 7 heteroatoms. The molecule has 2 rings (SSSR count). The minimum atomic E-state index is -0.427. The molecule has 2 heterocycles. The minimum Gasteiger partial charge on any atom is -0.313 e. The number of aromatic amines is 1. The first-order valence-electron chi connectivity index (χ1n) is 6.78. The Kier molecular flexibility index (Phi) is 4.37. The van der Waals surface area contributed by atoms with Gasteiger partial charge in [-0.25, -0.2) is 9.78 Å². The van der Waals surface area contributed by atoms with Gasteiger partial charge in [0.25, 0.3) is 5.56 Å². The average molecular weight is 296 g/mol. The first kappa shape index (κ1) is 14.9. The zero-order valence-electron chi connectivity index (χ0n) is 12.3. The lowest BCUT2D eigenvalue weighted by Crippen LogP contribution is -2.29. The lowest BCUT2D eigenvalue weighted by molar-refractivity contribution is 0.503. The number of aryl methyl sites for hydroxylation is 2. The molecule has 0 saturated carbocycles. The maximum Gasteiger partial charge on any atom is 0.329 e. The number of imidazole rings is 1. The van der Waals surface area contributed by atoms with Crippen LogP contribution in [0.3, 0.4) is 0 Å². The van der Waals surface area contributed by atoms with Crippen molar-refractivity contribution in [3.63, 3.8) is 0 Å². The van der Waals surface area contributed by atoms with Crippen molar-refractivity contribution in [2.24, 2.45) is 13.0 Å². The van der Waals surface area contributed by atoms with Gasteiger partial charge < -0.3 is 4.57 Å². The van der Waals surface area contributed by atoms with Crippen molar-refractivity contribution in [1.29, 1.82) is 0 Å². The number of hydrogen-bond acceptors (Lipinski definition) is 4. The van der Waals surface area contributed by atoms with Crippen molar-refractivity contribution >= 4 is 22.9 Å². The highest BCUT2D eigenvalue weighted by Gasteiger charge is 2.17. The number of fused-ring (bicyclic) bond motifs is 1. The number of H-pyrrole nitrogens is 1. The molecule has 0 radical (unpaired) electrons. The largest absolute Gasteiger partial charge is 0.329 e. The molecular formula is C13H20N4O2S. The fraction of sp³-hybridized carbons (Fsp3) is 0.615. The first-order valence-corrected chi connectivity index (χ1v) is 7.76. The highest BCUT2D eigenvalue weighted by molar-refractivity contribution is 7.99. The molecule has 6 nitrogen and oxygen atoms in total. The van der Waals surface area contributed by atoms with Gasteiger partial charge in [-0.2, -0.15) is 0 Å². The van der Waals surface area contributed by atoms with Crippen LogP contribution in [0.5, 0.6) is 0 Å². The van der Waals surface area contributed by atoms with Gasteiger partial charge >= 0.3 is 5.69 Å². The van der Waals surface area contributed by atoms with Gasteiger partial charge in [0.1, 0.15) is 0 Å². The van der Waals surface area contributed by atoms with Crippen molar-refractivity contribution in [2.75, 3.05) is 5.75 Å². The Hall–Kier alpha value is -1.50. The van der Waals surface area contributed by atoms with Crippen molar-refractivity contribution < 1.29 is 0 Å². The van der Waals surface area contributed by atoms with E-state index in [9.17, 15) is 9.59 Å². The smallest absolute Gasteiger partial charge is 0.313 e. The predicted molar refractivity (Wildman–Crippen MR) is 81.4 cm³/mol. The van der Waals surface area contributed by atoms with E-state index in [4.69, 9.17) is 0 Å². The predicted octanol–water partition coefficient (Wildman–Crippen LogP) is 1.58. The third-order valence-corrected chi connectivity index (χ3v) is 4.03. The topological polar surface area (TPSA) is 72.7 Å². The molecule has 0 fully saturated rings. The zero-order valence-corrected chi connectivity index (χ0v) is 13.1. The molecule has 0 aliphatic heterocycles. The molecule has 2 aromatic rings. The maximum absolute atomic E-state index is 12.1. The fourth-order valence-electron chi connectivity index (χ4n) is 2.05. The summed E-state index contributed by atoms with van der Waals surface area (Å²) in [5.41, 5.74) is 0.161. The van der Waals surface area contributed by atoms with E-state index in [1.54, 1.807) is 18.8 Å². The van der Waals surface area contributed by atoms with Gasteiger partial charge in [0.15, 0.2) is 16.3 Å². The molecular weight excluding hydrogens is 276 g/mol. The number of hydrogen-bond donors (Lipinski definition) is 1. The van der Waals surface area contributed by atoms with Crippen LogP contribution in [0, 0.1) is 5.92 Å². The SMILES string of the molecule is CCSc1nc2c(c(=O)[nH]c(=O)n2C)n1CCC(C)C. The molecule has 0 unspecified atom stereocenters. The standard InChI is InChI=1S/C13H20N4O2S/c1-5-20-13-14-10-9(17(13)7-6-8(2)3)11(18)15-12(19)16(10)4/h8H,5-7H2,1-4H3,(H,15,18,19). The molecule has 0 amide bonds. The van der Waals surface area contributed by atoms with Crippen LogP contribution in [-0.2, 0) is 13.6 Å². The number of rotatable bonds is 5. The van der Waals surface area contributed by atoms with Gasteiger partial charge in [-0.1, -0.05) is 32.5 Å². The van der Waals surface area contributed by atoms with Crippen LogP contribution in [0.1, 0.15) is 27.2 Å². The summed E-state index contributed by atoms with van der Waals surface area (Å²) in [7, 11) is 1.63. The Bertz CT molecular complexity index is 726. The van der Waals surface area contributed by atoms with Gasteiger partial charge in [0.05, 0.1) is 0 Å². The Balaban J connectivity index is 2.68. The normalized spacial score (nSPS) is 11.7. The van der Waals surface area contributed by atoms with Gasteiger partial charge in [-0.15, -0.1) is 0 Å². The Morgan fingerprint density at radius 1 is 1.35 bits per heavy atom. The molecule has 0 aromatic carbocycles. The van der Waals surface area contributed by atoms with Crippen molar-refractivity contribution in [2.45, 2.75) is 38.9 Å². The number of aromatic nitrogens is 4. The summed E-state index contributed by atoms with van der Waals surface area (Å²) in [6.07, 6.45) is 0.963. The van der Waals surface area contributed by atoms with Gasteiger partial charge in [0, 0.05) is 13.6 Å². The van der Waals surface area contributed by atoms with E-state index >= 15 is 0 Å². The third-order valence-electron chi connectivity index (χ3n) is 3.18. The average Bonchev–Trinajstić information content (AvgIpc) is 2.73. The van der Waals surface area contributed by atoms with Crippen LogP contribution >= 0.6 is 11.8 Å². The first-order chi connectivity index (χ1) is 9.45. The second kappa shape index (κ2) is 5.87. The Morgan fingerprint density at radius 3 is 2.65 bits per heavy atom. The second-order valence-corrected chi connectivity index (χ2v) is 6.38. The van der Waals surface area contributed by atoms with Crippen LogP contribution in [0.4, 0.5) is 0 Å². The number of nitrogens with one attached hydrogen (secondary N) is 1. The van der Waals surface area contributed by atoms with Crippen molar-refractivity contribution in [3.8, 4) is 0 Å². The van der Waals surface area contributed by atoms with Crippen LogP contribution in [0.25, 0.3) is 11.2 Å². The minimum absolute atomic E-state index is 0.359. The Morgan fingerprint density at radius 2 is 2.05 bits per heavy atom. The molecule has 0 aliphatic carbocycles. The molecule has 0 bridgehead atoms. The summed E-state index contributed by atoms with van der Waals surface area (Å²) < 4.78 is 3.32. The lowest BCUT2D eigenvalue weighted by atomic mass is 10.1. The molecule has 0 spiro atoms. The van der Waals surface area contributed by atoms with E-state index in [0.29, 0.717) is 17.1 Å². The summed E-state index contributed by atoms with van der Waals surface area (Å²) in [6.45, 7) is 7.06. The van der Waals surface area contributed by atoms with E-state index in [1.165, 1.54) is 4.57 Å². The Labute approximate surface area is 121 Å². The number of nitrogens with zero attached hydrogens (tertiary/aromatic N) is 3. The van der Waals surface area contributed by atoms with E-state index < -0.39 is 5.69 Å². The fourth-order valence-corrected chi connectivity index (χ4v) is 2.80. The van der Waals surface area contributed by atoms with Crippen LogP contribution in [0.2, 0.25) is 0 Å². The monoisotopic (exact) mass is 296 g/mol. The molecule has 0 saturated heterocycles. The summed E-state index contributed by atoms with van der Waals surface area (Å²) >= 11 is 1.59. The van der Waals surface area contributed by atoms with E-state index in [0.717, 1.165) is 23.9 Å². The van der Waals surface area contributed by atoms with Gasteiger partial charge in [0.2, 0.25) is 0 Å². The lowest BCUT2D eigenvalue weighted by Gasteiger charge is -2.09. The highest BCUT2D eigenvalue weighted by Crippen LogP contribution is 2.22. The van der Waals surface area contributed by atoms with E-state index in [1.807, 2.05) is 11.5 Å². The third kappa shape index (κ3) is 2.67. The highest BCUT2D eigenvalue weighted by atomic mass is 32.2. The second-order valence-electron chi connectivity index (χ2n) is 5.15. The summed E-state index contributed by atoms with van der Waals surface area (Å²) in [5.74, 6) is 1.41. The van der Waals surface area contributed by atoms with Gasteiger partial charge in [-0.3, -0.25) is 14.3 Å². The summed E-state index contributed by atoms with van der Waals surface area (Å²) in [6, 6.07) is 0. The van der Waals surface area contributed by atoms with Crippen LogP contribution in [0.15, 0.2) is 14.7 Å². The quantitative estimate of drug-likeness (QED) is 0.850. The molecule has 1 N–H and O–H groups in total. The molecule has 20 heavy (non-hydrogen) atoms. The number of thioether (sulfide) groups is 1. The zero-order chi connectivity index (χ0) is 14.9. The molecule has 0 aliphatic rings. The van der Waals surface area contributed by atoms with E-state index in [2.05, 4.69) is 23.8 Å². The maximum atomic E-state index is 12.1. The summed E-state index contributed by atoms with van der Waals surface area (Å²) in [4.78, 5) is 30.6. The summed E-state index contributed by atoms with van der Waals surface area (Å²) in [5, 5.41) is 0.801.